The Balaban J connectivity index is 1.86. The molecule has 0 atom stereocenters. The summed E-state index contributed by atoms with van der Waals surface area (Å²) >= 11 is 0. The molecule has 0 unspecified atom stereocenters. The summed E-state index contributed by atoms with van der Waals surface area (Å²) in [7, 11) is -3.96. The smallest absolute Gasteiger partial charge is 0.281 e. The van der Waals surface area contributed by atoms with Crippen LogP contribution in [0.1, 0.15) is 53.8 Å². The summed E-state index contributed by atoms with van der Waals surface area (Å²) in [5.41, 5.74) is 1.62. The van der Waals surface area contributed by atoms with E-state index in [2.05, 4.69) is 14.7 Å². The number of nitrogens with one attached hydrogen (secondary N) is 1. The van der Waals surface area contributed by atoms with E-state index in [1.807, 2.05) is 13.8 Å². The third-order valence-corrected chi connectivity index (χ3v) is 5.46. The van der Waals surface area contributed by atoms with E-state index >= 15 is 0 Å². The highest BCUT2D eigenvalue weighted by Crippen LogP contribution is 2.20. The molecule has 2 aromatic rings. The molecular weight excluding hydrogens is 328 g/mol. The number of rotatable bonds is 4. The molecule has 0 saturated heterocycles. The monoisotopic (exact) mass is 348 g/mol. The molecule has 0 aromatic carbocycles. The Morgan fingerprint density at radius 1 is 1.33 bits per heavy atom. The minimum Gasteiger partial charge on any atom is -0.318 e. The Hall–Kier alpha value is -2.22. The van der Waals surface area contributed by atoms with E-state index in [9.17, 15) is 13.2 Å². The number of nitrogens with zero attached hydrogens (tertiary/aromatic N) is 3. The highest BCUT2D eigenvalue weighted by atomic mass is 32.2. The maximum Gasteiger partial charge on any atom is 0.281 e. The van der Waals surface area contributed by atoms with Gasteiger partial charge in [-0.25, -0.2) is 9.71 Å². The Morgan fingerprint density at radius 2 is 2.08 bits per heavy atom. The van der Waals surface area contributed by atoms with Gasteiger partial charge in [0.2, 0.25) is 0 Å². The van der Waals surface area contributed by atoms with Crippen molar-refractivity contribution in [3.8, 4) is 0 Å². The first-order chi connectivity index (χ1) is 11.3. The number of aryl methyl sites for hydroxylation is 2. The number of hydrogen-bond donors (Lipinski definition) is 1. The maximum absolute atomic E-state index is 12.5. The van der Waals surface area contributed by atoms with Crippen molar-refractivity contribution in [1.82, 2.24) is 19.3 Å². The van der Waals surface area contributed by atoms with Crippen LogP contribution in [0, 0.1) is 6.92 Å². The van der Waals surface area contributed by atoms with E-state index in [4.69, 9.17) is 0 Å². The van der Waals surface area contributed by atoms with Crippen LogP contribution in [0.15, 0.2) is 23.4 Å². The zero-order valence-corrected chi connectivity index (χ0v) is 14.7. The van der Waals surface area contributed by atoms with Crippen LogP contribution in [0.2, 0.25) is 0 Å². The van der Waals surface area contributed by atoms with Crippen LogP contribution in [0.25, 0.3) is 0 Å². The first-order valence-electron chi connectivity index (χ1n) is 7.88. The fraction of sp³-hybridized carbons (Fsp3) is 0.438. The van der Waals surface area contributed by atoms with Crippen LogP contribution in [0.3, 0.4) is 0 Å². The number of imidazole rings is 1. The zero-order valence-electron chi connectivity index (χ0n) is 13.9. The van der Waals surface area contributed by atoms with E-state index in [0.717, 1.165) is 24.4 Å². The maximum atomic E-state index is 12.5. The zero-order chi connectivity index (χ0) is 17.5. The second-order valence-corrected chi connectivity index (χ2v) is 7.86. The molecule has 24 heavy (non-hydrogen) atoms. The van der Waals surface area contributed by atoms with E-state index in [-0.39, 0.29) is 16.5 Å². The minimum absolute atomic E-state index is 0.0350. The molecule has 2 aromatic heterocycles. The molecule has 3 rings (SSSR count). The lowest BCUT2D eigenvalue weighted by Crippen LogP contribution is -2.32. The standard InChI is InChI=1S/C16H20N4O3S/c1-10(2)13-7-6-12(11(3)18-13)16(21)19-24(22,23)15-9-17-14-5-4-8-20(14)15/h6-7,9-10H,4-5,8H2,1-3H3,(H,19,21). The fourth-order valence-electron chi connectivity index (χ4n) is 2.82. The topological polar surface area (TPSA) is 93.9 Å². The van der Waals surface area contributed by atoms with Gasteiger partial charge in [-0.05, 0) is 31.4 Å². The van der Waals surface area contributed by atoms with Gasteiger partial charge < -0.3 is 4.57 Å². The molecule has 0 saturated carbocycles. The van der Waals surface area contributed by atoms with Crippen molar-refractivity contribution in [3.63, 3.8) is 0 Å². The van der Waals surface area contributed by atoms with Gasteiger partial charge in [-0.1, -0.05) is 13.8 Å². The van der Waals surface area contributed by atoms with Gasteiger partial charge in [0.1, 0.15) is 5.82 Å². The molecule has 0 spiro atoms. The molecule has 0 bridgehead atoms. The predicted molar refractivity (Wildman–Crippen MR) is 88.3 cm³/mol. The van der Waals surface area contributed by atoms with Crippen LogP contribution in [-0.4, -0.2) is 28.9 Å². The highest BCUT2D eigenvalue weighted by molar-refractivity contribution is 7.90. The third kappa shape index (κ3) is 2.93. The predicted octanol–water partition coefficient (Wildman–Crippen LogP) is 1.77. The molecule has 1 aliphatic rings. The number of sulfonamides is 1. The first kappa shape index (κ1) is 16.6. The van der Waals surface area contributed by atoms with Gasteiger partial charge >= 0.3 is 0 Å². The quantitative estimate of drug-likeness (QED) is 0.909. The van der Waals surface area contributed by atoms with E-state index < -0.39 is 15.9 Å². The van der Waals surface area contributed by atoms with Crippen LogP contribution in [-0.2, 0) is 23.0 Å². The first-order valence-corrected chi connectivity index (χ1v) is 9.37. The number of carbonyl (C=O) groups excluding carboxylic acids is 1. The van der Waals surface area contributed by atoms with Crippen molar-refractivity contribution in [2.45, 2.75) is 51.1 Å². The summed E-state index contributed by atoms with van der Waals surface area (Å²) in [4.78, 5) is 20.9. The van der Waals surface area contributed by atoms with Crippen molar-refractivity contribution in [2.75, 3.05) is 0 Å². The molecule has 1 amide bonds. The fourth-order valence-corrected chi connectivity index (χ4v) is 3.95. The Labute approximate surface area is 141 Å². The Bertz CT molecular complexity index is 900. The summed E-state index contributed by atoms with van der Waals surface area (Å²) < 4.78 is 28.8. The van der Waals surface area contributed by atoms with Gasteiger partial charge in [-0.3, -0.25) is 9.78 Å². The Kier molecular flexibility index (Phi) is 4.16. The number of aromatic nitrogens is 3. The molecule has 1 aliphatic heterocycles. The van der Waals surface area contributed by atoms with Gasteiger partial charge in [0.25, 0.3) is 15.9 Å². The number of carbonyl (C=O) groups is 1. The molecule has 3 heterocycles. The van der Waals surface area contributed by atoms with Gasteiger partial charge in [-0.15, -0.1) is 0 Å². The molecule has 8 heteroatoms. The van der Waals surface area contributed by atoms with Gasteiger partial charge in [0, 0.05) is 18.7 Å². The van der Waals surface area contributed by atoms with Crippen LogP contribution in [0.4, 0.5) is 0 Å². The second kappa shape index (κ2) is 6.01. The molecule has 128 valence electrons. The lowest BCUT2D eigenvalue weighted by atomic mass is 10.1. The van der Waals surface area contributed by atoms with E-state index in [1.165, 1.54) is 6.20 Å². The summed E-state index contributed by atoms with van der Waals surface area (Å²) in [5.74, 6) is 0.296. The molecule has 1 N–H and O–H groups in total. The van der Waals surface area contributed by atoms with Gasteiger partial charge in [-0.2, -0.15) is 8.42 Å². The number of amides is 1. The average molecular weight is 348 g/mol. The lowest BCUT2D eigenvalue weighted by Gasteiger charge is -2.11. The van der Waals surface area contributed by atoms with Crippen molar-refractivity contribution in [3.05, 3.63) is 41.1 Å². The van der Waals surface area contributed by atoms with Crippen molar-refractivity contribution < 1.29 is 13.2 Å². The summed E-state index contributed by atoms with van der Waals surface area (Å²) in [6, 6.07) is 3.36. The third-order valence-electron chi connectivity index (χ3n) is 4.13. The van der Waals surface area contributed by atoms with Crippen molar-refractivity contribution >= 4 is 15.9 Å². The van der Waals surface area contributed by atoms with Gasteiger partial charge in [0.15, 0.2) is 5.03 Å². The molecule has 0 fully saturated rings. The summed E-state index contributed by atoms with van der Waals surface area (Å²) in [6.07, 6.45) is 2.92. The van der Waals surface area contributed by atoms with Crippen LogP contribution in [0.5, 0.6) is 0 Å². The number of pyridine rings is 1. The molecule has 7 nitrogen and oxygen atoms in total. The van der Waals surface area contributed by atoms with Crippen molar-refractivity contribution in [2.24, 2.45) is 0 Å². The molecule has 0 aliphatic carbocycles. The SMILES string of the molecule is Cc1nc(C(C)C)ccc1C(=O)NS(=O)(=O)c1cnc2n1CCC2. The van der Waals surface area contributed by atoms with Crippen LogP contribution >= 0.6 is 0 Å². The highest BCUT2D eigenvalue weighted by Gasteiger charge is 2.27. The van der Waals surface area contributed by atoms with Crippen molar-refractivity contribution in [1.29, 1.82) is 0 Å². The van der Waals surface area contributed by atoms with Crippen LogP contribution < -0.4 is 4.72 Å². The Morgan fingerprint density at radius 3 is 2.75 bits per heavy atom. The summed E-state index contributed by atoms with van der Waals surface area (Å²) in [5, 5.41) is 0.0350. The van der Waals surface area contributed by atoms with Gasteiger partial charge in [0.05, 0.1) is 17.5 Å². The lowest BCUT2D eigenvalue weighted by molar-refractivity contribution is 0.0980. The number of hydrogen-bond acceptors (Lipinski definition) is 5. The summed E-state index contributed by atoms with van der Waals surface area (Å²) in [6.45, 7) is 6.31. The number of fused-ring (bicyclic) bond motifs is 1. The largest absolute Gasteiger partial charge is 0.318 e. The second-order valence-electron chi connectivity index (χ2n) is 6.23. The molecular formula is C16H20N4O3S. The van der Waals surface area contributed by atoms with E-state index in [1.54, 1.807) is 23.6 Å². The molecule has 0 radical (unpaired) electrons. The average Bonchev–Trinajstić information content (AvgIpc) is 3.08. The minimum atomic E-state index is -3.96. The normalized spacial score (nSPS) is 14.0. The van der Waals surface area contributed by atoms with E-state index in [0.29, 0.717) is 12.2 Å².